The van der Waals surface area contributed by atoms with Gasteiger partial charge >= 0.3 is 0 Å². The zero-order valence-corrected chi connectivity index (χ0v) is 11.1. The lowest BCUT2D eigenvalue weighted by atomic mass is 9.73. The predicted molar refractivity (Wildman–Crippen MR) is 71.1 cm³/mol. The molecule has 1 nitrogen and oxygen atoms in total. The predicted octanol–water partition coefficient (Wildman–Crippen LogP) is 4.86. The molecule has 1 N–H and O–H groups in total. The zero-order valence-electron chi connectivity index (χ0n) is 10.4. The van der Waals surface area contributed by atoms with E-state index in [2.05, 4.69) is 19.2 Å². The number of anilines is 1. The van der Waals surface area contributed by atoms with E-state index in [4.69, 9.17) is 11.6 Å². The second kappa shape index (κ2) is 4.85. The highest BCUT2D eigenvalue weighted by molar-refractivity contribution is 6.33. The minimum atomic E-state index is -0.288. The Kier molecular flexibility index (Phi) is 3.62. The summed E-state index contributed by atoms with van der Waals surface area (Å²) in [7, 11) is 0. The van der Waals surface area contributed by atoms with Crippen LogP contribution >= 0.6 is 11.6 Å². The highest BCUT2D eigenvalue weighted by Gasteiger charge is 2.32. The number of benzene rings is 1. The molecule has 1 atom stereocenters. The lowest BCUT2D eigenvalue weighted by Gasteiger charge is -2.39. The van der Waals surface area contributed by atoms with Crippen molar-refractivity contribution in [2.75, 3.05) is 5.32 Å². The van der Waals surface area contributed by atoms with Crippen LogP contribution in [0.5, 0.6) is 0 Å². The minimum Gasteiger partial charge on any atom is -0.381 e. The number of hydrogen-bond donors (Lipinski definition) is 1. The van der Waals surface area contributed by atoms with E-state index >= 15 is 0 Å². The zero-order chi connectivity index (χ0) is 12.5. The third kappa shape index (κ3) is 2.92. The molecule has 1 unspecified atom stereocenters. The summed E-state index contributed by atoms with van der Waals surface area (Å²) >= 11 is 6.04. The Hall–Kier alpha value is -0.760. The molecule has 1 aromatic carbocycles. The summed E-state index contributed by atoms with van der Waals surface area (Å²) in [5.41, 5.74) is 1.11. The standard InChI is InChI=1S/C14H19ClFN/c1-14(2)8-4-3-5-13(14)17-12-7-6-10(16)9-11(12)15/h6-7,9,13,17H,3-5,8H2,1-2H3. The van der Waals surface area contributed by atoms with Crippen molar-refractivity contribution in [3.8, 4) is 0 Å². The van der Waals surface area contributed by atoms with Crippen LogP contribution in [0.3, 0.4) is 0 Å². The van der Waals surface area contributed by atoms with Gasteiger partial charge in [0.1, 0.15) is 5.82 Å². The van der Waals surface area contributed by atoms with Crippen molar-refractivity contribution in [3.05, 3.63) is 29.0 Å². The van der Waals surface area contributed by atoms with Crippen LogP contribution in [0, 0.1) is 11.2 Å². The van der Waals surface area contributed by atoms with Crippen LogP contribution in [0.25, 0.3) is 0 Å². The van der Waals surface area contributed by atoms with Crippen LogP contribution < -0.4 is 5.32 Å². The summed E-state index contributed by atoms with van der Waals surface area (Å²) in [4.78, 5) is 0. The summed E-state index contributed by atoms with van der Waals surface area (Å²) in [5.74, 6) is -0.288. The summed E-state index contributed by atoms with van der Waals surface area (Å²) in [6.45, 7) is 4.56. The van der Waals surface area contributed by atoms with E-state index in [1.165, 1.54) is 31.4 Å². The highest BCUT2D eigenvalue weighted by atomic mass is 35.5. The van der Waals surface area contributed by atoms with Gasteiger partial charge in [-0.25, -0.2) is 4.39 Å². The lowest BCUT2D eigenvalue weighted by molar-refractivity contribution is 0.217. The first-order chi connectivity index (χ1) is 7.99. The number of hydrogen-bond acceptors (Lipinski definition) is 1. The quantitative estimate of drug-likeness (QED) is 0.796. The Morgan fingerprint density at radius 3 is 2.76 bits per heavy atom. The average molecular weight is 256 g/mol. The Bertz CT molecular complexity index is 403. The smallest absolute Gasteiger partial charge is 0.124 e. The fourth-order valence-electron chi connectivity index (χ4n) is 2.56. The van der Waals surface area contributed by atoms with Crippen LogP contribution in [0.4, 0.5) is 10.1 Å². The van der Waals surface area contributed by atoms with E-state index in [1.807, 2.05) is 0 Å². The fourth-order valence-corrected chi connectivity index (χ4v) is 2.78. The van der Waals surface area contributed by atoms with Crippen molar-refractivity contribution in [1.82, 2.24) is 0 Å². The molecule has 0 aliphatic heterocycles. The normalized spacial score (nSPS) is 23.4. The molecule has 0 bridgehead atoms. The van der Waals surface area contributed by atoms with Gasteiger partial charge < -0.3 is 5.32 Å². The Labute approximate surface area is 107 Å². The van der Waals surface area contributed by atoms with Crippen LogP contribution in [-0.4, -0.2) is 6.04 Å². The van der Waals surface area contributed by atoms with Crippen molar-refractivity contribution in [2.45, 2.75) is 45.6 Å². The van der Waals surface area contributed by atoms with Gasteiger partial charge in [0.2, 0.25) is 0 Å². The van der Waals surface area contributed by atoms with Crippen molar-refractivity contribution in [2.24, 2.45) is 5.41 Å². The van der Waals surface area contributed by atoms with E-state index in [0.717, 1.165) is 12.1 Å². The second-order valence-electron chi connectivity index (χ2n) is 5.56. The fraction of sp³-hybridized carbons (Fsp3) is 0.571. The first-order valence-electron chi connectivity index (χ1n) is 6.21. The molecule has 0 heterocycles. The first-order valence-corrected chi connectivity index (χ1v) is 6.58. The molecule has 1 aliphatic carbocycles. The Morgan fingerprint density at radius 1 is 1.35 bits per heavy atom. The number of nitrogens with one attached hydrogen (secondary N) is 1. The van der Waals surface area contributed by atoms with Crippen LogP contribution in [0.15, 0.2) is 18.2 Å². The number of rotatable bonds is 2. The van der Waals surface area contributed by atoms with Gasteiger partial charge in [0.25, 0.3) is 0 Å². The average Bonchev–Trinajstić information content (AvgIpc) is 2.24. The minimum absolute atomic E-state index is 0.274. The van der Waals surface area contributed by atoms with Crippen molar-refractivity contribution < 1.29 is 4.39 Å². The molecule has 1 saturated carbocycles. The molecule has 0 radical (unpaired) electrons. The molecule has 1 aliphatic rings. The van der Waals surface area contributed by atoms with E-state index in [0.29, 0.717) is 11.1 Å². The molecular formula is C14H19ClFN. The van der Waals surface area contributed by atoms with E-state index in [9.17, 15) is 4.39 Å². The maximum Gasteiger partial charge on any atom is 0.124 e. The molecule has 3 heteroatoms. The molecule has 17 heavy (non-hydrogen) atoms. The molecule has 0 aromatic heterocycles. The van der Waals surface area contributed by atoms with E-state index < -0.39 is 0 Å². The molecule has 1 fully saturated rings. The van der Waals surface area contributed by atoms with Gasteiger partial charge in [0.05, 0.1) is 10.7 Å². The molecule has 0 amide bonds. The van der Waals surface area contributed by atoms with Crippen molar-refractivity contribution in [1.29, 1.82) is 0 Å². The van der Waals surface area contributed by atoms with Gasteiger partial charge in [-0.15, -0.1) is 0 Å². The van der Waals surface area contributed by atoms with Gasteiger partial charge in [-0.2, -0.15) is 0 Å². The summed E-state index contributed by atoms with van der Waals surface area (Å²) in [6, 6.07) is 4.95. The van der Waals surface area contributed by atoms with Gasteiger partial charge in [0.15, 0.2) is 0 Å². The monoisotopic (exact) mass is 255 g/mol. The Morgan fingerprint density at radius 2 is 2.12 bits per heavy atom. The van der Waals surface area contributed by atoms with Gasteiger partial charge in [-0.3, -0.25) is 0 Å². The molecule has 94 valence electrons. The van der Waals surface area contributed by atoms with E-state index in [-0.39, 0.29) is 11.2 Å². The number of halogens is 2. The summed E-state index contributed by atoms with van der Waals surface area (Å²) in [6.07, 6.45) is 4.92. The maximum absolute atomic E-state index is 13.0. The molecule has 1 aromatic rings. The van der Waals surface area contributed by atoms with Crippen molar-refractivity contribution in [3.63, 3.8) is 0 Å². The third-order valence-electron chi connectivity index (χ3n) is 3.77. The first kappa shape index (κ1) is 12.7. The Balaban J connectivity index is 2.14. The van der Waals surface area contributed by atoms with Crippen LogP contribution in [-0.2, 0) is 0 Å². The van der Waals surface area contributed by atoms with Crippen molar-refractivity contribution >= 4 is 17.3 Å². The van der Waals surface area contributed by atoms with Gasteiger partial charge in [0, 0.05) is 6.04 Å². The SMILES string of the molecule is CC1(C)CCCCC1Nc1ccc(F)cc1Cl. The summed E-state index contributed by atoms with van der Waals surface area (Å²) < 4.78 is 13.0. The highest BCUT2D eigenvalue weighted by Crippen LogP contribution is 2.38. The molecular weight excluding hydrogens is 237 g/mol. The van der Waals surface area contributed by atoms with Gasteiger partial charge in [-0.1, -0.05) is 38.3 Å². The molecule has 0 spiro atoms. The maximum atomic E-state index is 13.0. The second-order valence-corrected chi connectivity index (χ2v) is 5.96. The van der Waals surface area contributed by atoms with Crippen LogP contribution in [0.2, 0.25) is 5.02 Å². The molecule has 0 saturated heterocycles. The van der Waals surface area contributed by atoms with E-state index in [1.54, 1.807) is 6.07 Å². The third-order valence-corrected chi connectivity index (χ3v) is 4.08. The summed E-state index contributed by atoms with van der Waals surface area (Å²) in [5, 5.41) is 3.93. The largest absolute Gasteiger partial charge is 0.381 e. The lowest BCUT2D eigenvalue weighted by Crippen LogP contribution is -2.38. The topological polar surface area (TPSA) is 12.0 Å². The molecule has 2 rings (SSSR count). The van der Waals surface area contributed by atoms with Gasteiger partial charge in [-0.05, 0) is 36.5 Å². The van der Waals surface area contributed by atoms with Crippen LogP contribution in [0.1, 0.15) is 39.5 Å².